The molecule has 0 saturated carbocycles. The third-order valence-corrected chi connectivity index (χ3v) is 3.03. The molecule has 1 aromatic rings. The Kier molecular flexibility index (Phi) is 5.55. The molecule has 3 N–H and O–H groups in total. The molecule has 0 bridgehead atoms. The van der Waals surface area contributed by atoms with Crippen molar-refractivity contribution in [3.63, 3.8) is 0 Å². The quantitative estimate of drug-likeness (QED) is 0.775. The molecule has 0 aliphatic carbocycles. The fraction of sp³-hybridized carbons (Fsp3) is 0.467. The molecule has 110 valence electrons. The van der Waals surface area contributed by atoms with E-state index in [1.165, 1.54) is 0 Å². The molecule has 1 atom stereocenters. The average Bonchev–Trinajstić information content (AvgIpc) is 2.32. The van der Waals surface area contributed by atoms with E-state index in [1.807, 2.05) is 45.9 Å². The van der Waals surface area contributed by atoms with E-state index >= 15 is 0 Å². The highest BCUT2D eigenvalue weighted by molar-refractivity contribution is 5.93. The van der Waals surface area contributed by atoms with E-state index in [4.69, 9.17) is 5.11 Å². The van der Waals surface area contributed by atoms with Crippen LogP contribution in [0.25, 0.3) is 0 Å². The van der Waals surface area contributed by atoms with Crippen LogP contribution in [0.4, 0.5) is 10.5 Å². The van der Waals surface area contributed by atoms with E-state index in [1.54, 1.807) is 0 Å². The Morgan fingerprint density at radius 1 is 1.20 bits per heavy atom. The highest BCUT2D eigenvalue weighted by Crippen LogP contribution is 2.19. The van der Waals surface area contributed by atoms with Crippen molar-refractivity contribution in [2.45, 2.75) is 40.2 Å². The van der Waals surface area contributed by atoms with Crippen LogP contribution in [0.2, 0.25) is 0 Å². The van der Waals surface area contributed by atoms with Gasteiger partial charge in [-0.25, -0.2) is 9.59 Å². The summed E-state index contributed by atoms with van der Waals surface area (Å²) in [6, 6.07) is 4.33. The number of hydrogen-bond acceptors (Lipinski definition) is 2. The van der Waals surface area contributed by atoms with Crippen LogP contribution in [0, 0.1) is 19.8 Å². The van der Waals surface area contributed by atoms with Crippen molar-refractivity contribution >= 4 is 17.7 Å². The van der Waals surface area contributed by atoms with Gasteiger partial charge in [0.15, 0.2) is 0 Å². The monoisotopic (exact) mass is 278 g/mol. The van der Waals surface area contributed by atoms with Gasteiger partial charge in [0.2, 0.25) is 0 Å². The summed E-state index contributed by atoms with van der Waals surface area (Å²) in [5.74, 6) is -0.827. The molecule has 0 aromatic heterocycles. The molecule has 1 aromatic carbocycles. The van der Waals surface area contributed by atoms with Crippen LogP contribution >= 0.6 is 0 Å². The summed E-state index contributed by atoms with van der Waals surface area (Å²) in [7, 11) is 0. The van der Waals surface area contributed by atoms with E-state index in [0.29, 0.717) is 6.42 Å². The van der Waals surface area contributed by atoms with Gasteiger partial charge in [-0.1, -0.05) is 32.0 Å². The predicted octanol–water partition coefficient (Wildman–Crippen LogP) is 2.92. The van der Waals surface area contributed by atoms with Crippen molar-refractivity contribution in [3.05, 3.63) is 29.3 Å². The Hall–Kier alpha value is -2.04. The minimum Gasteiger partial charge on any atom is -0.480 e. The SMILES string of the molecule is Cc1cccc(C)c1NC(=O)N[C@H](CC(C)C)C(=O)O. The van der Waals surface area contributed by atoms with E-state index in [2.05, 4.69) is 10.6 Å². The third kappa shape index (κ3) is 4.57. The summed E-state index contributed by atoms with van der Waals surface area (Å²) >= 11 is 0. The molecule has 0 saturated heterocycles. The van der Waals surface area contributed by atoms with Gasteiger partial charge in [0.1, 0.15) is 6.04 Å². The van der Waals surface area contributed by atoms with Crippen LogP contribution < -0.4 is 10.6 Å². The summed E-state index contributed by atoms with van der Waals surface area (Å²) in [5, 5.41) is 14.3. The Morgan fingerprint density at radius 3 is 2.20 bits per heavy atom. The molecular formula is C15H22N2O3. The number of aryl methyl sites for hydroxylation is 2. The zero-order valence-corrected chi connectivity index (χ0v) is 12.4. The molecule has 0 spiro atoms. The van der Waals surface area contributed by atoms with Gasteiger partial charge >= 0.3 is 12.0 Å². The highest BCUT2D eigenvalue weighted by atomic mass is 16.4. The molecule has 20 heavy (non-hydrogen) atoms. The molecular weight excluding hydrogens is 256 g/mol. The Labute approximate surface area is 119 Å². The number of hydrogen-bond donors (Lipinski definition) is 3. The van der Waals surface area contributed by atoms with Crippen LogP contribution in [0.1, 0.15) is 31.4 Å². The van der Waals surface area contributed by atoms with Gasteiger partial charge in [0.25, 0.3) is 0 Å². The summed E-state index contributed by atoms with van der Waals surface area (Å²) in [4.78, 5) is 23.0. The summed E-state index contributed by atoms with van der Waals surface area (Å²) in [6.07, 6.45) is 0.398. The van der Waals surface area contributed by atoms with Gasteiger partial charge in [-0.15, -0.1) is 0 Å². The van der Waals surface area contributed by atoms with Crippen LogP contribution in [0.3, 0.4) is 0 Å². The molecule has 0 heterocycles. The van der Waals surface area contributed by atoms with Crippen LogP contribution in [0.5, 0.6) is 0 Å². The van der Waals surface area contributed by atoms with Gasteiger partial charge < -0.3 is 15.7 Å². The second kappa shape index (κ2) is 6.93. The third-order valence-electron chi connectivity index (χ3n) is 3.03. The number of anilines is 1. The van der Waals surface area contributed by atoms with Crippen molar-refractivity contribution in [2.24, 2.45) is 5.92 Å². The molecule has 2 amide bonds. The first-order chi connectivity index (χ1) is 9.31. The van der Waals surface area contributed by atoms with E-state index < -0.39 is 18.0 Å². The molecule has 0 aliphatic rings. The summed E-state index contributed by atoms with van der Waals surface area (Å²) in [5.41, 5.74) is 2.60. The number of urea groups is 1. The summed E-state index contributed by atoms with van der Waals surface area (Å²) in [6.45, 7) is 7.62. The van der Waals surface area contributed by atoms with Crippen LogP contribution in [0.15, 0.2) is 18.2 Å². The lowest BCUT2D eigenvalue weighted by Crippen LogP contribution is -2.43. The predicted molar refractivity (Wildman–Crippen MR) is 78.9 cm³/mol. The Morgan fingerprint density at radius 2 is 1.75 bits per heavy atom. The molecule has 0 fully saturated rings. The van der Waals surface area contributed by atoms with E-state index in [0.717, 1.165) is 16.8 Å². The molecule has 1 rings (SSSR count). The standard InChI is InChI=1S/C15H22N2O3/c1-9(2)8-12(14(18)19)16-15(20)17-13-10(3)6-5-7-11(13)4/h5-7,9,12H,8H2,1-4H3,(H,18,19)(H2,16,17,20)/t12-/m1/s1. The second-order valence-electron chi connectivity index (χ2n) is 5.39. The number of carbonyl (C=O) groups is 2. The maximum Gasteiger partial charge on any atom is 0.326 e. The van der Waals surface area contributed by atoms with E-state index in [9.17, 15) is 9.59 Å². The number of rotatable bonds is 5. The maximum atomic E-state index is 11.9. The first-order valence-electron chi connectivity index (χ1n) is 6.67. The van der Waals surface area contributed by atoms with Gasteiger partial charge in [-0.3, -0.25) is 0 Å². The number of carbonyl (C=O) groups excluding carboxylic acids is 1. The lowest BCUT2D eigenvalue weighted by Gasteiger charge is -2.18. The minimum atomic E-state index is -1.02. The topological polar surface area (TPSA) is 78.4 Å². The molecule has 0 aliphatic heterocycles. The van der Waals surface area contributed by atoms with Crippen LogP contribution in [-0.2, 0) is 4.79 Å². The number of para-hydroxylation sites is 1. The number of carboxylic acids is 1. The lowest BCUT2D eigenvalue weighted by atomic mass is 10.0. The smallest absolute Gasteiger partial charge is 0.326 e. The fourth-order valence-corrected chi connectivity index (χ4v) is 2.01. The molecule has 0 radical (unpaired) electrons. The number of carboxylic acid groups (broad SMARTS) is 1. The average molecular weight is 278 g/mol. The Bertz CT molecular complexity index is 478. The zero-order valence-electron chi connectivity index (χ0n) is 12.4. The van der Waals surface area contributed by atoms with E-state index in [-0.39, 0.29) is 5.92 Å². The number of aliphatic carboxylic acids is 1. The summed E-state index contributed by atoms with van der Waals surface area (Å²) < 4.78 is 0. The van der Waals surface area contributed by atoms with Gasteiger partial charge in [0, 0.05) is 5.69 Å². The number of amides is 2. The lowest BCUT2D eigenvalue weighted by molar-refractivity contribution is -0.139. The maximum absolute atomic E-state index is 11.9. The Balaban J connectivity index is 2.73. The number of benzene rings is 1. The fourth-order valence-electron chi connectivity index (χ4n) is 2.01. The van der Waals surface area contributed by atoms with Crippen molar-refractivity contribution in [2.75, 3.05) is 5.32 Å². The van der Waals surface area contributed by atoms with Crippen LogP contribution in [-0.4, -0.2) is 23.1 Å². The largest absolute Gasteiger partial charge is 0.480 e. The first-order valence-corrected chi connectivity index (χ1v) is 6.67. The van der Waals surface area contributed by atoms with Crippen molar-refractivity contribution < 1.29 is 14.7 Å². The highest BCUT2D eigenvalue weighted by Gasteiger charge is 2.21. The van der Waals surface area contributed by atoms with Gasteiger partial charge in [0.05, 0.1) is 0 Å². The molecule has 0 unspecified atom stereocenters. The number of nitrogens with one attached hydrogen (secondary N) is 2. The normalized spacial score (nSPS) is 12.1. The molecule has 5 heteroatoms. The zero-order chi connectivity index (χ0) is 15.3. The van der Waals surface area contributed by atoms with Crippen molar-refractivity contribution in [1.82, 2.24) is 5.32 Å². The van der Waals surface area contributed by atoms with Gasteiger partial charge in [-0.2, -0.15) is 0 Å². The van der Waals surface area contributed by atoms with Crippen molar-refractivity contribution in [3.8, 4) is 0 Å². The molecule has 5 nitrogen and oxygen atoms in total. The first kappa shape index (κ1) is 16.0. The van der Waals surface area contributed by atoms with Crippen molar-refractivity contribution in [1.29, 1.82) is 0 Å². The minimum absolute atomic E-state index is 0.191. The van der Waals surface area contributed by atoms with Gasteiger partial charge in [-0.05, 0) is 37.3 Å². The second-order valence-corrected chi connectivity index (χ2v) is 5.39.